The van der Waals surface area contributed by atoms with E-state index in [4.69, 9.17) is 0 Å². The van der Waals surface area contributed by atoms with Crippen molar-refractivity contribution in [2.24, 2.45) is 5.73 Å². The van der Waals surface area contributed by atoms with Crippen molar-refractivity contribution >= 4 is 6.41 Å². The highest BCUT2D eigenvalue weighted by Crippen LogP contribution is 1.85. The van der Waals surface area contributed by atoms with Crippen LogP contribution in [0.3, 0.4) is 0 Å². The zero-order chi connectivity index (χ0) is 10.1. The third-order valence-electron chi connectivity index (χ3n) is 1.28. The summed E-state index contributed by atoms with van der Waals surface area (Å²) in [5, 5.41) is 2.40. The first-order valence-corrected chi connectivity index (χ1v) is 3.76. The topological polar surface area (TPSA) is 88.0 Å². The predicted octanol–water partition coefficient (Wildman–Crippen LogP) is -0.804. The molecule has 5 nitrogen and oxygen atoms in total. The summed E-state index contributed by atoms with van der Waals surface area (Å²) in [6.07, 6.45) is 2.11. The van der Waals surface area contributed by atoms with Gasteiger partial charge in [0, 0.05) is 18.3 Å². The molecule has 72 valence electrons. The SMILES string of the molecule is CN.O=CNCc1ccc[nH]c1=O. The molecule has 1 heterocycles. The Labute approximate surface area is 76.0 Å². The highest BCUT2D eigenvalue weighted by molar-refractivity contribution is 5.46. The molecule has 1 aromatic rings. The highest BCUT2D eigenvalue weighted by atomic mass is 16.1. The molecule has 0 fully saturated rings. The number of H-pyrrole nitrogens is 1. The van der Waals surface area contributed by atoms with Crippen LogP contribution in [0.4, 0.5) is 0 Å². The summed E-state index contributed by atoms with van der Waals surface area (Å²) in [4.78, 5) is 23.3. The molecule has 0 aliphatic heterocycles. The van der Waals surface area contributed by atoms with E-state index in [2.05, 4.69) is 16.0 Å². The molecule has 0 unspecified atom stereocenters. The minimum atomic E-state index is -0.165. The maximum Gasteiger partial charge on any atom is 0.252 e. The Morgan fingerprint density at radius 3 is 2.85 bits per heavy atom. The van der Waals surface area contributed by atoms with Gasteiger partial charge in [0.25, 0.3) is 5.56 Å². The van der Waals surface area contributed by atoms with Gasteiger partial charge in [-0.3, -0.25) is 9.59 Å². The summed E-state index contributed by atoms with van der Waals surface area (Å²) < 4.78 is 0. The van der Waals surface area contributed by atoms with Crippen LogP contribution in [0.25, 0.3) is 0 Å². The molecule has 1 aromatic heterocycles. The lowest BCUT2D eigenvalue weighted by atomic mass is 10.3. The van der Waals surface area contributed by atoms with Crippen molar-refractivity contribution in [3.63, 3.8) is 0 Å². The van der Waals surface area contributed by atoms with E-state index in [1.54, 1.807) is 18.3 Å². The molecule has 5 heteroatoms. The van der Waals surface area contributed by atoms with Crippen molar-refractivity contribution in [3.8, 4) is 0 Å². The Hall–Kier alpha value is -1.62. The van der Waals surface area contributed by atoms with Gasteiger partial charge in [0.2, 0.25) is 6.41 Å². The van der Waals surface area contributed by atoms with E-state index in [0.717, 1.165) is 0 Å². The van der Waals surface area contributed by atoms with Gasteiger partial charge in [-0.2, -0.15) is 0 Å². The first-order chi connectivity index (χ1) is 6.34. The maximum absolute atomic E-state index is 10.9. The number of hydrogen-bond donors (Lipinski definition) is 3. The molecule has 0 aliphatic carbocycles. The van der Waals surface area contributed by atoms with Gasteiger partial charge < -0.3 is 16.0 Å². The Bertz CT molecular complexity index is 295. The Balaban J connectivity index is 0.000000671. The third-order valence-corrected chi connectivity index (χ3v) is 1.28. The summed E-state index contributed by atoms with van der Waals surface area (Å²) in [6, 6.07) is 3.37. The fraction of sp³-hybridized carbons (Fsp3) is 0.250. The third kappa shape index (κ3) is 4.07. The summed E-state index contributed by atoms with van der Waals surface area (Å²) >= 11 is 0. The second kappa shape index (κ2) is 7.05. The minimum absolute atomic E-state index is 0.165. The van der Waals surface area contributed by atoms with Crippen molar-refractivity contribution in [3.05, 3.63) is 34.2 Å². The molecule has 0 aromatic carbocycles. The second-order valence-electron chi connectivity index (χ2n) is 2.02. The average Bonchev–Trinajstić information content (AvgIpc) is 2.20. The number of pyridine rings is 1. The number of aromatic nitrogens is 1. The molecule has 0 bridgehead atoms. The lowest BCUT2D eigenvalue weighted by molar-refractivity contribution is -0.109. The van der Waals surface area contributed by atoms with Crippen LogP contribution in [0.15, 0.2) is 23.1 Å². The van der Waals surface area contributed by atoms with E-state index in [1.807, 2.05) is 0 Å². The molecule has 0 saturated heterocycles. The van der Waals surface area contributed by atoms with E-state index in [9.17, 15) is 9.59 Å². The van der Waals surface area contributed by atoms with Crippen molar-refractivity contribution in [1.29, 1.82) is 0 Å². The van der Waals surface area contributed by atoms with Crippen LogP contribution >= 0.6 is 0 Å². The fourth-order valence-corrected chi connectivity index (χ4v) is 0.747. The van der Waals surface area contributed by atoms with Gasteiger partial charge in [-0.25, -0.2) is 0 Å². The van der Waals surface area contributed by atoms with Crippen molar-refractivity contribution < 1.29 is 4.79 Å². The zero-order valence-corrected chi connectivity index (χ0v) is 7.41. The number of carbonyl (C=O) groups is 1. The minimum Gasteiger partial charge on any atom is -0.354 e. The number of rotatable bonds is 3. The van der Waals surface area contributed by atoms with E-state index in [1.165, 1.54) is 7.05 Å². The highest BCUT2D eigenvalue weighted by Gasteiger charge is 1.94. The lowest BCUT2D eigenvalue weighted by Gasteiger charge is -1.95. The van der Waals surface area contributed by atoms with Gasteiger partial charge in [0.1, 0.15) is 0 Å². The number of aromatic amines is 1. The van der Waals surface area contributed by atoms with E-state index in [-0.39, 0.29) is 12.1 Å². The second-order valence-corrected chi connectivity index (χ2v) is 2.02. The van der Waals surface area contributed by atoms with Gasteiger partial charge in [-0.05, 0) is 13.1 Å². The largest absolute Gasteiger partial charge is 0.354 e. The molecule has 13 heavy (non-hydrogen) atoms. The van der Waals surface area contributed by atoms with Gasteiger partial charge >= 0.3 is 0 Å². The Morgan fingerprint density at radius 1 is 1.62 bits per heavy atom. The standard InChI is InChI=1S/C7H8N2O2.CH5N/c10-5-8-4-6-2-1-3-9-7(6)11;1-2/h1-3,5H,4H2,(H,8,10)(H,9,11);2H2,1H3. The Morgan fingerprint density at radius 2 is 2.31 bits per heavy atom. The molecule has 0 spiro atoms. The maximum atomic E-state index is 10.9. The number of nitrogens with one attached hydrogen (secondary N) is 2. The number of nitrogens with two attached hydrogens (primary N) is 1. The van der Waals surface area contributed by atoms with Crippen molar-refractivity contribution in [2.75, 3.05) is 7.05 Å². The summed E-state index contributed by atoms with van der Waals surface area (Å²) in [5.41, 5.74) is 4.89. The van der Waals surface area contributed by atoms with Crippen LogP contribution in [-0.2, 0) is 11.3 Å². The molecule has 0 aliphatic rings. The number of amides is 1. The van der Waals surface area contributed by atoms with Crippen LogP contribution in [0, 0.1) is 0 Å². The summed E-state index contributed by atoms with van der Waals surface area (Å²) in [6.45, 7) is 0.277. The van der Waals surface area contributed by atoms with Crippen molar-refractivity contribution in [2.45, 2.75) is 6.54 Å². The molecule has 0 atom stereocenters. The van der Waals surface area contributed by atoms with Crippen LogP contribution < -0.4 is 16.6 Å². The molecule has 0 radical (unpaired) electrons. The molecular weight excluding hydrogens is 170 g/mol. The first kappa shape index (κ1) is 11.4. The number of hydrogen-bond acceptors (Lipinski definition) is 3. The molecule has 4 N–H and O–H groups in total. The predicted molar refractivity (Wildman–Crippen MR) is 50.1 cm³/mol. The van der Waals surface area contributed by atoms with Gasteiger partial charge in [0.15, 0.2) is 0 Å². The van der Waals surface area contributed by atoms with E-state index < -0.39 is 0 Å². The van der Waals surface area contributed by atoms with Crippen LogP contribution in [0.5, 0.6) is 0 Å². The van der Waals surface area contributed by atoms with Crippen LogP contribution in [0.1, 0.15) is 5.56 Å². The average molecular weight is 183 g/mol. The molecule has 1 amide bonds. The van der Waals surface area contributed by atoms with Gasteiger partial charge in [-0.15, -0.1) is 0 Å². The molecule has 1 rings (SSSR count). The van der Waals surface area contributed by atoms with Crippen molar-refractivity contribution in [1.82, 2.24) is 10.3 Å². The smallest absolute Gasteiger partial charge is 0.252 e. The van der Waals surface area contributed by atoms with Gasteiger partial charge in [0.05, 0.1) is 0 Å². The van der Waals surface area contributed by atoms with E-state index in [0.29, 0.717) is 12.0 Å². The Kier molecular flexibility index (Phi) is 6.17. The van der Waals surface area contributed by atoms with E-state index >= 15 is 0 Å². The first-order valence-electron chi connectivity index (χ1n) is 3.76. The quantitative estimate of drug-likeness (QED) is 0.536. The fourth-order valence-electron chi connectivity index (χ4n) is 0.747. The number of carbonyl (C=O) groups excluding carboxylic acids is 1. The lowest BCUT2D eigenvalue weighted by Crippen LogP contribution is -2.18. The summed E-state index contributed by atoms with van der Waals surface area (Å²) in [7, 11) is 1.50. The molecule has 0 saturated carbocycles. The van der Waals surface area contributed by atoms with Crippen LogP contribution in [-0.4, -0.2) is 18.4 Å². The normalized spacial score (nSPS) is 8.15. The summed E-state index contributed by atoms with van der Waals surface area (Å²) in [5.74, 6) is 0. The van der Waals surface area contributed by atoms with Gasteiger partial charge in [-0.1, -0.05) is 6.07 Å². The van der Waals surface area contributed by atoms with Crippen LogP contribution in [0.2, 0.25) is 0 Å². The molecular formula is C8H13N3O2. The monoisotopic (exact) mass is 183 g/mol. The zero-order valence-electron chi connectivity index (χ0n) is 7.41.